The number of nitrogens with one attached hydrogen (secondary N) is 1. The maximum atomic E-state index is 13.6. The minimum Gasteiger partial charge on any atom is -0.361 e. The maximum Gasteiger partial charge on any atom is 0.222 e. The number of hydrogen-bond acceptors (Lipinski definition) is 5. The Labute approximate surface area is 127 Å². The predicted molar refractivity (Wildman–Crippen MR) is 83.7 cm³/mol. The van der Waals surface area contributed by atoms with Gasteiger partial charge in [0, 0.05) is 24.2 Å². The molecule has 0 aliphatic heterocycles. The van der Waals surface area contributed by atoms with Crippen molar-refractivity contribution < 1.29 is 4.39 Å². The van der Waals surface area contributed by atoms with Crippen LogP contribution in [0.1, 0.15) is 25.7 Å². The maximum absolute atomic E-state index is 13.6. The Kier molecular flexibility index (Phi) is 4.45. The third-order valence-electron chi connectivity index (χ3n) is 3.97. The van der Waals surface area contributed by atoms with Crippen LogP contribution in [0.5, 0.6) is 0 Å². The highest BCUT2D eigenvalue weighted by atomic mass is 32.1. The summed E-state index contributed by atoms with van der Waals surface area (Å²) in [6.07, 6.45) is 6.00. The minimum atomic E-state index is -0.476. The lowest BCUT2D eigenvalue weighted by molar-refractivity contribution is 0.339. The molecule has 0 aromatic carbocycles. The van der Waals surface area contributed by atoms with Gasteiger partial charge in [-0.3, -0.25) is 0 Å². The van der Waals surface area contributed by atoms with E-state index in [-0.39, 0.29) is 0 Å². The van der Waals surface area contributed by atoms with Crippen LogP contribution in [0.2, 0.25) is 0 Å². The first-order chi connectivity index (χ1) is 10.2. The molecule has 0 atom stereocenters. The Morgan fingerprint density at radius 3 is 2.90 bits per heavy atom. The van der Waals surface area contributed by atoms with Gasteiger partial charge >= 0.3 is 0 Å². The fourth-order valence-corrected chi connectivity index (χ4v) is 3.40. The minimum absolute atomic E-state index is 0.376. The molecular formula is C15H19FN4S. The smallest absolute Gasteiger partial charge is 0.222 e. The molecule has 21 heavy (non-hydrogen) atoms. The summed E-state index contributed by atoms with van der Waals surface area (Å²) >= 11 is 1.50. The summed E-state index contributed by atoms with van der Waals surface area (Å²) in [6.45, 7) is 0.912. The van der Waals surface area contributed by atoms with Gasteiger partial charge in [-0.15, -0.1) is 11.3 Å². The quantitative estimate of drug-likeness (QED) is 0.851. The second kappa shape index (κ2) is 6.49. The second-order valence-corrected chi connectivity index (χ2v) is 6.40. The average molecular weight is 306 g/mol. The summed E-state index contributed by atoms with van der Waals surface area (Å²) < 4.78 is 13.6. The molecule has 1 fully saturated rings. The third kappa shape index (κ3) is 3.57. The Morgan fingerprint density at radius 1 is 1.33 bits per heavy atom. The molecule has 0 amide bonds. The third-order valence-corrected chi connectivity index (χ3v) is 4.77. The molecule has 1 aliphatic carbocycles. The van der Waals surface area contributed by atoms with Gasteiger partial charge in [0.2, 0.25) is 5.95 Å². The summed E-state index contributed by atoms with van der Waals surface area (Å²) in [5.74, 6) is 0.183. The molecule has 0 radical (unpaired) electrons. The van der Waals surface area contributed by atoms with E-state index in [1.165, 1.54) is 30.4 Å². The van der Waals surface area contributed by atoms with Crippen molar-refractivity contribution in [3.63, 3.8) is 0 Å². The number of aromatic nitrogens is 2. The Morgan fingerprint density at radius 2 is 2.14 bits per heavy atom. The van der Waals surface area contributed by atoms with Crippen molar-refractivity contribution in [3.8, 4) is 11.3 Å². The van der Waals surface area contributed by atoms with Crippen LogP contribution in [-0.2, 0) is 0 Å². The average Bonchev–Trinajstić information content (AvgIpc) is 2.96. The molecule has 0 spiro atoms. The summed E-state index contributed by atoms with van der Waals surface area (Å²) in [4.78, 5) is 8.10. The monoisotopic (exact) mass is 306 g/mol. The molecule has 1 aliphatic rings. The molecule has 3 N–H and O–H groups in total. The lowest BCUT2D eigenvalue weighted by Crippen LogP contribution is -2.29. The van der Waals surface area contributed by atoms with Crippen molar-refractivity contribution in [2.45, 2.75) is 31.7 Å². The van der Waals surface area contributed by atoms with E-state index in [0.29, 0.717) is 23.2 Å². The largest absolute Gasteiger partial charge is 0.361 e. The fourth-order valence-electron chi connectivity index (χ4n) is 2.68. The summed E-state index contributed by atoms with van der Waals surface area (Å²) in [7, 11) is 0. The van der Waals surface area contributed by atoms with Crippen molar-refractivity contribution in [2.75, 3.05) is 11.9 Å². The van der Waals surface area contributed by atoms with Gasteiger partial charge in [0.25, 0.3) is 0 Å². The fraction of sp³-hybridized carbons (Fsp3) is 0.467. The van der Waals surface area contributed by atoms with Crippen molar-refractivity contribution >= 4 is 16.5 Å². The molecule has 2 heterocycles. The molecule has 2 aromatic heterocycles. The highest BCUT2D eigenvalue weighted by Crippen LogP contribution is 2.27. The number of hydrogen-bond donors (Lipinski definition) is 2. The van der Waals surface area contributed by atoms with E-state index in [1.54, 1.807) is 12.1 Å². The van der Waals surface area contributed by atoms with Crippen LogP contribution in [0.4, 0.5) is 9.52 Å². The van der Waals surface area contributed by atoms with E-state index in [9.17, 15) is 4.39 Å². The van der Waals surface area contributed by atoms with Gasteiger partial charge in [-0.2, -0.15) is 4.39 Å². The normalized spacial score (nSPS) is 22.2. The first-order valence-corrected chi connectivity index (χ1v) is 8.16. The zero-order valence-corrected chi connectivity index (χ0v) is 12.6. The molecular weight excluding hydrogens is 287 g/mol. The van der Waals surface area contributed by atoms with E-state index in [2.05, 4.69) is 15.3 Å². The molecule has 0 saturated heterocycles. The molecule has 6 heteroatoms. The second-order valence-electron chi connectivity index (χ2n) is 5.54. The number of nitrogens with two attached hydrogens (primary N) is 1. The molecule has 2 aromatic rings. The van der Waals surface area contributed by atoms with E-state index in [4.69, 9.17) is 5.73 Å². The van der Waals surface area contributed by atoms with Gasteiger partial charge in [0.15, 0.2) is 5.13 Å². The number of halogens is 1. The van der Waals surface area contributed by atoms with E-state index < -0.39 is 5.95 Å². The SMILES string of the molecule is N[C@H]1CC[C@H](CNc2nc(-c3cccnc3F)cs2)CC1. The van der Waals surface area contributed by atoms with Crippen LogP contribution in [0.15, 0.2) is 23.7 Å². The molecule has 112 valence electrons. The van der Waals surface area contributed by atoms with E-state index >= 15 is 0 Å². The Bertz CT molecular complexity index is 593. The number of pyridine rings is 1. The number of nitrogens with zero attached hydrogens (tertiary/aromatic N) is 2. The van der Waals surface area contributed by atoms with E-state index in [1.807, 2.05) is 5.38 Å². The van der Waals surface area contributed by atoms with Gasteiger partial charge < -0.3 is 11.1 Å². The highest BCUT2D eigenvalue weighted by Gasteiger charge is 2.18. The summed E-state index contributed by atoms with van der Waals surface area (Å²) in [5.41, 5.74) is 7.00. The predicted octanol–water partition coefficient (Wildman–Crippen LogP) is 3.27. The van der Waals surface area contributed by atoms with Gasteiger partial charge in [-0.05, 0) is 43.7 Å². The first kappa shape index (κ1) is 14.4. The van der Waals surface area contributed by atoms with Crippen molar-refractivity contribution in [1.29, 1.82) is 0 Å². The zero-order valence-electron chi connectivity index (χ0n) is 11.8. The number of rotatable bonds is 4. The summed E-state index contributed by atoms with van der Waals surface area (Å²) in [6, 6.07) is 3.79. The van der Waals surface area contributed by atoms with Crippen LogP contribution in [0.3, 0.4) is 0 Å². The van der Waals surface area contributed by atoms with E-state index in [0.717, 1.165) is 24.5 Å². The lowest BCUT2D eigenvalue weighted by atomic mass is 9.86. The van der Waals surface area contributed by atoms with Crippen LogP contribution in [0.25, 0.3) is 11.3 Å². The number of anilines is 1. The van der Waals surface area contributed by atoms with Gasteiger partial charge in [-0.25, -0.2) is 9.97 Å². The van der Waals surface area contributed by atoms with Crippen molar-refractivity contribution in [1.82, 2.24) is 9.97 Å². The standard InChI is InChI=1S/C15H19FN4S/c16-14-12(2-1-7-18-14)13-9-21-15(20-13)19-8-10-3-5-11(17)6-4-10/h1-2,7,9-11H,3-6,8,17H2,(H,19,20)/t10-,11-. The molecule has 0 bridgehead atoms. The topological polar surface area (TPSA) is 63.8 Å². The highest BCUT2D eigenvalue weighted by molar-refractivity contribution is 7.14. The molecule has 1 saturated carbocycles. The summed E-state index contributed by atoms with van der Waals surface area (Å²) in [5, 5.41) is 6.06. The van der Waals surface area contributed by atoms with Gasteiger partial charge in [0.05, 0.1) is 11.3 Å². The Balaban J connectivity index is 1.59. The van der Waals surface area contributed by atoms with Gasteiger partial charge in [0.1, 0.15) is 0 Å². The van der Waals surface area contributed by atoms with Crippen LogP contribution in [0, 0.1) is 11.9 Å². The molecule has 4 nitrogen and oxygen atoms in total. The lowest BCUT2D eigenvalue weighted by Gasteiger charge is -2.25. The Hall–Kier alpha value is -1.53. The van der Waals surface area contributed by atoms with Gasteiger partial charge in [-0.1, -0.05) is 0 Å². The van der Waals surface area contributed by atoms with Crippen molar-refractivity contribution in [3.05, 3.63) is 29.7 Å². The van der Waals surface area contributed by atoms with Crippen LogP contribution >= 0.6 is 11.3 Å². The number of thiazole rings is 1. The van der Waals surface area contributed by atoms with Crippen molar-refractivity contribution in [2.24, 2.45) is 11.7 Å². The molecule has 0 unspecified atom stereocenters. The van der Waals surface area contributed by atoms with Crippen LogP contribution in [-0.4, -0.2) is 22.6 Å². The zero-order chi connectivity index (χ0) is 14.7. The van der Waals surface area contributed by atoms with Crippen LogP contribution < -0.4 is 11.1 Å². The molecule has 3 rings (SSSR count). The first-order valence-electron chi connectivity index (χ1n) is 7.28.